The number of nitrogens with one attached hydrogen (secondary N) is 3. The Morgan fingerprint density at radius 2 is 2.17 bits per heavy atom. The molecule has 1 aromatic heterocycles. The van der Waals surface area contributed by atoms with Crippen LogP contribution in [0.4, 0.5) is 0 Å². The summed E-state index contributed by atoms with van der Waals surface area (Å²) >= 11 is 1.48. The van der Waals surface area contributed by atoms with Crippen LogP contribution in [0.15, 0.2) is 35.5 Å². The van der Waals surface area contributed by atoms with E-state index >= 15 is 0 Å². The Balaban J connectivity index is 1.40. The molecule has 0 radical (unpaired) electrons. The number of carbonyl (C=O) groups is 2. The lowest BCUT2D eigenvalue weighted by Crippen LogP contribution is -2.56. The van der Waals surface area contributed by atoms with Crippen molar-refractivity contribution in [3.05, 3.63) is 41.7 Å². The first-order valence-corrected chi connectivity index (χ1v) is 10.9. The number of carbonyl (C=O) groups excluding carboxylic acids is 2. The van der Waals surface area contributed by atoms with Crippen LogP contribution in [0, 0.1) is 6.92 Å². The summed E-state index contributed by atoms with van der Waals surface area (Å²) in [5, 5.41) is 13.3. The van der Waals surface area contributed by atoms with E-state index in [4.69, 9.17) is 0 Å². The molecular formula is C20H28N6O2S. The van der Waals surface area contributed by atoms with Gasteiger partial charge in [0.1, 0.15) is 5.82 Å². The highest BCUT2D eigenvalue weighted by Crippen LogP contribution is 2.13. The molecule has 2 amide bonds. The number of hydrogen-bond donors (Lipinski definition) is 3. The maximum Gasteiger partial charge on any atom is 0.237 e. The van der Waals surface area contributed by atoms with Gasteiger partial charge in [0, 0.05) is 25.4 Å². The summed E-state index contributed by atoms with van der Waals surface area (Å²) in [6.45, 7) is 4.58. The number of benzene rings is 1. The SMILES string of the molecule is Cc1nc(SCCNC(=O)CC2C(=O)NCCN2CCCc2ccccc2)n[nH]1. The largest absolute Gasteiger partial charge is 0.355 e. The molecule has 1 fully saturated rings. The first-order chi connectivity index (χ1) is 14.1. The third-order valence-electron chi connectivity index (χ3n) is 4.81. The van der Waals surface area contributed by atoms with Gasteiger partial charge in [-0.25, -0.2) is 4.98 Å². The maximum atomic E-state index is 12.3. The average Bonchev–Trinajstić information content (AvgIpc) is 3.14. The van der Waals surface area contributed by atoms with Crippen molar-refractivity contribution in [2.45, 2.75) is 37.4 Å². The zero-order valence-electron chi connectivity index (χ0n) is 16.7. The predicted octanol–water partition coefficient (Wildman–Crippen LogP) is 1.14. The lowest BCUT2D eigenvalue weighted by atomic mass is 10.1. The number of aryl methyl sites for hydroxylation is 2. The van der Waals surface area contributed by atoms with Crippen molar-refractivity contribution in [1.29, 1.82) is 0 Å². The minimum atomic E-state index is -0.400. The van der Waals surface area contributed by atoms with E-state index in [0.717, 1.165) is 31.8 Å². The monoisotopic (exact) mass is 416 g/mol. The van der Waals surface area contributed by atoms with Gasteiger partial charge in [-0.1, -0.05) is 42.1 Å². The van der Waals surface area contributed by atoms with Crippen LogP contribution in [0.5, 0.6) is 0 Å². The minimum absolute atomic E-state index is 0.0586. The molecule has 1 aromatic carbocycles. The molecule has 1 aliphatic heterocycles. The molecule has 3 N–H and O–H groups in total. The number of amides is 2. The predicted molar refractivity (Wildman–Crippen MR) is 113 cm³/mol. The molecule has 0 aliphatic carbocycles. The molecule has 1 saturated heterocycles. The molecule has 0 bridgehead atoms. The van der Waals surface area contributed by atoms with Crippen LogP contribution in [0.3, 0.4) is 0 Å². The number of H-pyrrole nitrogens is 1. The molecule has 29 heavy (non-hydrogen) atoms. The summed E-state index contributed by atoms with van der Waals surface area (Å²) in [7, 11) is 0. The quantitative estimate of drug-likeness (QED) is 0.397. The van der Waals surface area contributed by atoms with Crippen LogP contribution >= 0.6 is 11.8 Å². The summed E-state index contributed by atoms with van der Waals surface area (Å²) in [6.07, 6.45) is 2.11. The third kappa shape index (κ3) is 6.86. The van der Waals surface area contributed by atoms with E-state index in [2.05, 4.69) is 42.8 Å². The molecule has 3 rings (SSSR count). The lowest BCUT2D eigenvalue weighted by Gasteiger charge is -2.34. The molecule has 9 heteroatoms. The van der Waals surface area contributed by atoms with Gasteiger partial charge in [-0.05, 0) is 31.9 Å². The van der Waals surface area contributed by atoms with Crippen molar-refractivity contribution in [2.75, 3.05) is 31.9 Å². The van der Waals surface area contributed by atoms with Crippen LogP contribution in [0.25, 0.3) is 0 Å². The van der Waals surface area contributed by atoms with Gasteiger partial charge in [0.2, 0.25) is 17.0 Å². The van der Waals surface area contributed by atoms with E-state index in [1.165, 1.54) is 17.3 Å². The van der Waals surface area contributed by atoms with Crippen molar-refractivity contribution < 1.29 is 9.59 Å². The highest BCUT2D eigenvalue weighted by atomic mass is 32.2. The Bertz CT molecular complexity index is 797. The Morgan fingerprint density at radius 3 is 2.93 bits per heavy atom. The molecule has 1 atom stereocenters. The van der Waals surface area contributed by atoms with Gasteiger partial charge in [0.25, 0.3) is 0 Å². The fraction of sp³-hybridized carbons (Fsp3) is 0.500. The van der Waals surface area contributed by atoms with E-state index < -0.39 is 6.04 Å². The van der Waals surface area contributed by atoms with Crippen molar-refractivity contribution in [2.24, 2.45) is 0 Å². The third-order valence-corrected chi connectivity index (χ3v) is 5.66. The molecule has 2 heterocycles. The molecular weight excluding hydrogens is 388 g/mol. The Morgan fingerprint density at radius 1 is 1.34 bits per heavy atom. The maximum absolute atomic E-state index is 12.3. The second kappa shape index (κ2) is 11.0. The molecule has 1 unspecified atom stereocenters. The van der Waals surface area contributed by atoms with Gasteiger partial charge >= 0.3 is 0 Å². The first kappa shape index (κ1) is 21.3. The van der Waals surface area contributed by atoms with Crippen molar-refractivity contribution in [3.8, 4) is 0 Å². The van der Waals surface area contributed by atoms with E-state index in [9.17, 15) is 9.59 Å². The summed E-state index contributed by atoms with van der Waals surface area (Å²) in [4.78, 5) is 31.0. The summed E-state index contributed by atoms with van der Waals surface area (Å²) in [5.74, 6) is 1.29. The van der Waals surface area contributed by atoms with Gasteiger partial charge in [-0.2, -0.15) is 0 Å². The van der Waals surface area contributed by atoms with Crippen molar-refractivity contribution in [1.82, 2.24) is 30.7 Å². The molecule has 0 saturated carbocycles. The number of piperazine rings is 1. The topological polar surface area (TPSA) is 103 Å². The van der Waals surface area contributed by atoms with Gasteiger partial charge in [-0.3, -0.25) is 19.6 Å². The zero-order chi connectivity index (χ0) is 20.5. The number of rotatable bonds is 10. The van der Waals surface area contributed by atoms with Crippen molar-refractivity contribution in [3.63, 3.8) is 0 Å². The molecule has 2 aromatic rings. The van der Waals surface area contributed by atoms with Crippen LogP contribution in [0.2, 0.25) is 0 Å². The van der Waals surface area contributed by atoms with Crippen molar-refractivity contribution >= 4 is 23.6 Å². The standard InChI is InChI=1S/C20H28N6O2S/c1-15-23-20(25-24-15)29-13-10-21-18(27)14-17-19(28)22-9-12-26(17)11-5-8-16-6-3-2-4-7-16/h2-4,6-7,17H,5,8-14H2,1H3,(H,21,27)(H,22,28)(H,23,24,25). The van der Waals surface area contributed by atoms with Crippen LogP contribution in [-0.2, 0) is 16.0 Å². The average molecular weight is 417 g/mol. The van der Waals surface area contributed by atoms with Gasteiger partial charge in [-0.15, -0.1) is 5.10 Å². The summed E-state index contributed by atoms with van der Waals surface area (Å²) in [5.41, 5.74) is 1.29. The summed E-state index contributed by atoms with van der Waals surface area (Å²) < 4.78 is 0. The lowest BCUT2D eigenvalue weighted by molar-refractivity contribution is -0.133. The second-order valence-corrected chi connectivity index (χ2v) is 8.10. The Labute approximate surface area is 175 Å². The number of hydrogen-bond acceptors (Lipinski definition) is 6. The minimum Gasteiger partial charge on any atom is -0.355 e. The summed E-state index contributed by atoms with van der Waals surface area (Å²) in [6, 6.07) is 9.93. The molecule has 0 spiro atoms. The van der Waals surface area contributed by atoms with E-state index in [1.807, 2.05) is 25.1 Å². The molecule has 8 nitrogen and oxygen atoms in total. The fourth-order valence-electron chi connectivity index (χ4n) is 3.35. The molecule has 156 valence electrons. The van der Waals surface area contributed by atoms with Gasteiger partial charge in [0.15, 0.2) is 0 Å². The van der Waals surface area contributed by atoms with Crippen LogP contribution < -0.4 is 10.6 Å². The van der Waals surface area contributed by atoms with Gasteiger partial charge in [0.05, 0.1) is 12.5 Å². The van der Waals surface area contributed by atoms with E-state index in [0.29, 0.717) is 24.0 Å². The highest BCUT2D eigenvalue weighted by Gasteiger charge is 2.31. The van der Waals surface area contributed by atoms with Crippen LogP contribution in [0.1, 0.15) is 24.2 Å². The number of thioether (sulfide) groups is 1. The molecule has 1 aliphatic rings. The number of nitrogens with zero attached hydrogens (tertiary/aromatic N) is 3. The Hall–Kier alpha value is -2.39. The number of aromatic amines is 1. The van der Waals surface area contributed by atoms with E-state index in [1.54, 1.807) is 0 Å². The second-order valence-electron chi connectivity index (χ2n) is 7.04. The zero-order valence-corrected chi connectivity index (χ0v) is 17.5. The normalized spacial score (nSPS) is 17.1. The fourth-order valence-corrected chi connectivity index (χ4v) is 4.05. The van der Waals surface area contributed by atoms with Gasteiger partial charge < -0.3 is 10.6 Å². The van der Waals surface area contributed by atoms with Crippen LogP contribution in [-0.4, -0.2) is 69.9 Å². The highest BCUT2D eigenvalue weighted by molar-refractivity contribution is 7.99. The Kier molecular flexibility index (Phi) is 8.06. The first-order valence-electron chi connectivity index (χ1n) is 9.96. The number of aromatic nitrogens is 3. The smallest absolute Gasteiger partial charge is 0.237 e. The van der Waals surface area contributed by atoms with E-state index in [-0.39, 0.29) is 18.2 Å².